The third-order valence-corrected chi connectivity index (χ3v) is 1.41. The van der Waals surface area contributed by atoms with Crippen LogP contribution in [0.15, 0.2) is 12.6 Å². The van der Waals surface area contributed by atoms with E-state index in [9.17, 15) is 0 Å². The quantitative estimate of drug-likeness (QED) is 0.331. The maximum atomic E-state index is 6.83. The van der Waals surface area contributed by atoms with Crippen molar-refractivity contribution >= 4 is 0 Å². The molecule has 0 aliphatic rings. The summed E-state index contributed by atoms with van der Waals surface area (Å²) in [5, 5.41) is 0. The molecule has 0 aromatic heterocycles. The normalized spacial score (nSPS) is 9.92. The Morgan fingerprint density at radius 1 is 1.25 bits per heavy atom. The molecule has 0 heteroatoms. The first kappa shape index (κ1) is 7.51. The summed E-state index contributed by atoms with van der Waals surface area (Å²) < 4.78 is 13.7. The maximum Gasteiger partial charge on any atom is 0.0534 e. The number of hydrogen-bond acceptors (Lipinski definition) is 0. The van der Waals surface area contributed by atoms with Crippen molar-refractivity contribution in [3.05, 3.63) is 12.6 Å². The molecule has 12 heavy (non-hydrogen) atoms. The van der Waals surface area contributed by atoms with Crippen molar-refractivity contribution in [3.63, 3.8) is 0 Å². The van der Waals surface area contributed by atoms with E-state index in [1.807, 2.05) is 0 Å². The average Bonchev–Trinajstić information content (AvgIpc) is 2.15. The van der Waals surface area contributed by atoms with E-state index < -0.39 is 0 Å². The summed E-state index contributed by atoms with van der Waals surface area (Å²) in [5.41, 5.74) is 0. The molecule has 64 valence electrons. The Balaban J connectivity index is 3.28. The lowest BCUT2D eigenvalue weighted by molar-refractivity contribution is 0.782. The molecule has 0 aromatic rings. The molecule has 0 aliphatic carbocycles. The topological polar surface area (TPSA) is 0 Å². The van der Waals surface area contributed by atoms with E-state index in [2.05, 4.69) is 17.8 Å². The number of rotatable bonds is 5. The van der Waals surface area contributed by atoms with Crippen LogP contribution in [0.5, 0.6) is 0 Å². The molecular weight excluding hydrogens is 144 g/mol. The van der Waals surface area contributed by atoms with Crippen molar-refractivity contribution in [2.45, 2.75) is 38.5 Å². The van der Waals surface area contributed by atoms with E-state index in [-0.39, 0.29) is 6.53 Å². The molecule has 0 amide bonds. The van der Waals surface area contributed by atoms with Gasteiger partial charge in [0.25, 0.3) is 0 Å². The van der Waals surface area contributed by atoms with E-state index in [4.69, 9.17) is 9.16 Å². The highest BCUT2D eigenvalue weighted by atomic mass is 13.9. The third-order valence-electron chi connectivity index (χ3n) is 1.41. The highest BCUT2D eigenvalue weighted by molar-refractivity contribution is 4.99. The van der Waals surface area contributed by atoms with E-state index in [1.165, 1.54) is 0 Å². The van der Waals surface area contributed by atoms with E-state index >= 15 is 0 Å². The molecule has 0 aromatic carbocycles. The first-order chi connectivity index (χ1) is 6.77. The molecule has 0 N–H and O–H groups in total. The second kappa shape index (κ2) is 9.86. The van der Waals surface area contributed by atoms with Crippen molar-refractivity contribution in [2.75, 3.05) is 0 Å². The fraction of sp³-hybridized carbons (Fsp3) is 0.500. The highest BCUT2D eigenvalue weighted by Gasteiger charge is 1.81. The SMILES string of the molecule is [2H]C([2H])=CCCC#CCCCCC#C. The van der Waals surface area contributed by atoms with Crippen LogP contribution in [-0.2, 0) is 0 Å². The van der Waals surface area contributed by atoms with Crippen LogP contribution in [0.25, 0.3) is 0 Å². The van der Waals surface area contributed by atoms with Gasteiger partial charge in [-0.05, 0) is 19.3 Å². The average molecular weight is 162 g/mol. The standard InChI is InChI=1S/C12H16/c1-3-5-7-9-11-12-10-8-6-4-2/h1,4H,2,5-9,11H2/i2D2. The smallest absolute Gasteiger partial charge is 0.0534 e. The molecular formula is C12H16. The molecule has 0 fully saturated rings. The number of allylic oxidation sites excluding steroid dienone is 1. The Hall–Kier alpha value is -1.14. The zero-order valence-corrected chi connectivity index (χ0v) is 7.40. The maximum absolute atomic E-state index is 6.83. The Bertz CT molecular complexity index is 256. The van der Waals surface area contributed by atoms with E-state index in [0.29, 0.717) is 6.42 Å². The van der Waals surface area contributed by atoms with Crippen LogP contribution >= 0.6 is 0 Å². The van der Waals surface area contributed by atoms with Gasteiger partial charge >= 0.3 is 0 Å². The first-order valence-corrected chi connectivity index (χ1v) is 4.30. The molecule has 0 nitrogen and oxygen atoms in total. The molecule has 0 radical (unpaired) electrons. The van der Waals surface area contributed by atoms with Crippen molar-refractivity contribution in [2.24, 2.45) is 0 Å². The molecule has 0 unspecified atom stereocenters. The van der Waals surface area contributed by atoms with Crippen LogP contribution in [-0.4, -0.2) is 0 Å². The van der Waals surface area contributed by atoms with Gasteiger partial charge in [-0.3, -0.25) is 0 Å². The van der Waals surface area contributed by atoms with Crippen LogP contribution in [0, 0.1) is 24.2 Å². The van der Waals surface area contributed by atoms with Crippen LogP contribution in [0.4, 0.5) is 0 Å². The lowest BCUT2D eigenvalue weighted by atomic mass is 10.2. The van der Waals surface area contributed by atoms with Gasteiger partial charge in [0.2, 0.25) is 0 Å². The molecule has 0 saturated carbocycles. The lowest BCUT2D eigenvalue weighted by Crippen LogP contribution is -1.72. The largest absolute Gasteiger partial charge is 0.120 e. The fourth-order valence-electron chi connectivity index (χ4n) is 0.762. The van der Waals surface area contributed by atoms with Gasteiger partial charge in [-0.2, -0.15) is 0 Å². The molecule has 0 heterocycles. The van der Waals surface area contributed by atoms with Crippen molar-refractivity contribution in [1.82, 2.24) is 0 Å². The summed E-state index contributed by atoms with van der Waals surface area (Å²) in [5.74, 6) is 8.65. The Morgan fingerprint density at radius 3 is 2.75 bits per heavy atom. The van der Waals surface area contributed by atoms with Crippen LogP contribution < -0.4 is 0 Å². The minimum Gasteiger partial charge on any atom is -0.120 e. The zero-order valence-electron chi connectivity index (χ0n) is 9.40. The molecule has 0 bridgehead atoms. The third kappa shape index (κ3) is 8.86. The lowest BCUT2D eigenvalue weighted by Gasteiger charge is -1.87. The Labute approximate surface area is 78.9 Å². The summed E-state index contributed by atoms with van der Waals surface area (Å²) in [6, 6.07) is 0. The van der Waals surface area contributed by atoms with Gasteiger partial charge in [0.05, 0.1) is 2.74 Å². The predicted molar refractivity (Wildman–Crippen MR) is 54.5 cm³/mol. The number of hydrogen-bond donors (Lipinski definition) is 0. The number of terminal acetylenes is 1. The fourth-order valence-corrected chi connectivity index (χ4v) is 0.762. The van der Waals surface area contributed by atoms with E-state index in [0.717, 1.165) is 32.1 Å². The van der Waals surface area contributed by atoms with Gasteiger partial charge in [-0.25, -0.2) is 0 Å². The van der Waals surface area contributed by atoms with Gasteiger partial charge in [0.1, 0.15) is 0 Å². The molecule has 0 spiro atoms. The summed E-state index contributed by atoms with van der Waals surface area (Å²) in [7, 11) is 0. The van der Waals surface area contributed by atoms with Gasteiger partial charge in [0, 0.05) is 19.3 Å². The zero-order chi connectivity index (χ0) is 10.6. The predicted octanol–water partition coefficient (Wildman–Crippen LogP) is 3.15. The highest BCUT2D eigenvalue weighted by Crippen LogP contribution is 1.97. The summed E-state index contributed by atoms with van der Waals surface area (Å²) >= 11 is 0. The Morgan fingerprint density at radius 2 is 2.00 bits per heavy atom. The van der Waals surface area contributed by atoms with E-state index in [1.54, 1.807) is 6.08 Å². The van der Waals surface area contributed by atoms with Crippen molar-refractivity contribution in [1.29, 1.82) is 0 Å². The van der Waals surface area contributed by atoms with Gasteiger partial charge in [-0.15, -0.1) is 30.7 Å². The van der Waals surface area contributed by atoms with Crippen LogP contribution in [0.3, 0.4) is 0 Å². The van der Waals surface area contributed by atoms with Gasteiger partial charge in [0.15, 0.2) is 0 Å². The monoisotopic (exact) mass is 162 g/mol. The molecule has 0 rings (SSSR count). The minimum absolute atomic E-state index is 0.124. The van der Waals surface area contributed by atoms with Crippen molar-refractivity contribution in [3.8, 4) is 24.2 Å². The Kier molecular flexibility index (Phi) is 6.17. The van der Waals surface area contributed by atoms with Crippen molar-refractivity contribution < 1.29 is 2.74 Å². The molecule has 0 atom stereocenters. The van der Waals surface area contributed by atoms with Gasteiger partial charge in [-0.1, -0.05) is 6.08 Å². The van der Waals surface area contributed by atoms with Crippen LogP contribution in [0.1, 0.15) is 41.3 Å². The van der Waals surface area contributed by atoms with Gasteiger partial charge < -0.3 is 0 Å². The summed E-state index contributed by atoms with van der Waals surface area (Å²) in [4.78, 5) is 0. The minimum atomic E-state index is -0.124. The first-order valence-electron chi connectivity index (χ1n) is 5.30. The van der Waals surface area contributed by atoms with Crippen LogP contribution in [0.2, 0.25) is 0 Å². The summed E-state index contributed by atoms with van der Waals surface area (Å²) in [6.45, 7) is -0.124. The molecule has 0 saturated heterocycles. The number of unbranched alkanes of at least 4 members (excludes halogenated alkanes) is 4. The molecule has 0 aliphatic heterocycles. The second-order valence-electron chi connectivity index (χ2n) is 2.51. The summed E-state index contributed by atoms with van der Waals surface area (Å²) in [6.07, 6.45) is 12.0. The second-order valence-corrected chi connectivity index (χ2v) is 2.51.